The molecular formula is C7H7ClOS. The Hall–Kier alpha value is -0.340. The van der Waals surface area contributed by atoms with Gasteiger partial charge in [0.05, 0.1) is 7.11 Å². The Morgan fingerprint density at radius 1 is 1.50 bits per heavy atom. The summed E-state index contributed by atoms with van der Waals surface area (Å²) in [5.74, 6) is 0.704. The summed E-state index contributed by atoms with van der Waals surface area (Å²) in [5.41, 5.74) is 0. The lowest BCUT2D eigenvalue weighted by atomic mass is 10.3. The standard InChI is InChI=1S/C7H7ClOS/c1-9-6-4-5(8)2-3-7(6)10/h2-4,10H,1H3. The van der Waals surface area contributed by atoms with Crippen LogP contribution in [0, 0.1) is 0 Å². The van der Waals surface area contributed by atoms with Crippen LogP contribution in [0.5, 0.6) is 5.75 Å². The second-order valence-electron chi connectivity index (χ2n) is 1.82. The summed E-state index contributed by atoms with van der Waals surface area (Å²) < 4.78 is 4.96. The van der Waals surface area contributed by atoms with Gasteiger partial charge in [-0.3, -0.25) is 0 Å². The van der Waals surface area contributed by atoms with Crippen LogP contribution in [0.3, 0.4) is 0 Å². The van der Waals surface area contributed by atoms with Crippen LogP contribution in [0.1, 0.15) is 0 Å². The van der Waals surface area contributed by atoms with E-state index >= 15 is 0 Å². The number of hydrogen-bond donors (Lipinski definition) is 1. The van der Waals surface area contributed by atoms with Gasteiger partial charge in [-0.1, -0.05) is 11.6 Å². The van der Waals surface area contributed by atoms with Crippen molar-refractivity contribution in [1.29, 1.82) is 0 Å². The van der Waals surface area contributed by atoms with E-state index in [9.17, 15) is 0 Å². The molecule has 1 rings (SSSR count). The highest BCUT2D eigenvalue weighted by atomic mass is 35.5. The molecule has 0 N–H and O–H groups in total. The third kappa shape index (κ3) is 1.58. The molecule has 0 unspecified atom stereocenters. The lowest BCUT2D eigenvalue weighted by Gasteiger charge is -2.01. The number of rotatable bonds is 1. The van der Waals surface area contributed by atoms with Gasteiger partial charge in [0.2, 0.25) is 0 Å². The van der Waals surface area contributed by atoms with Crippen LogP contribution in [-0.4, -0.2) is 7.11 Å². The van der Waals surface area contributed by atoms with Crippen LogP contribution in [-0.2, 0) is 0 Å². The first-order chi connectivity index (χ1) is 4.74. The van der Waals surface area contributed by atoms with Crippen LogP contribution in [0.25, 0.3) is 0 Å². The Morgan fingerprint density at radius 2 is 2.20 bits per heavy atom. The second-order valence-corrected chi connectivity index (χ2v) is 2.73. The number of methoxy groups -OCH3 is 1. The predicted octanol–water partition coefficient (Wildman–Crippen LogP) is 2.64. The van der Waals surface area contributed by atoms with E-state index in [1.165, 1.54) is 0 Å². The van der Waals surface area contributed by atoms with E-state index in [-0.39, 0.29) is 0 Å². The SMILES string of the molecule is COc1cc(Cl)ccc1S. The number of halogens is 1. The van der Waals surface area contributed by atoms with E-state index in [1.54, 1.807) is 25.3 Å². The van der Waals surface area contributed by atoms with Crippen molar-refractivity contribution in [2.75, 3.05) is 7.11 Å². The molecule has 0 saturated heterocycles. The minimum atomic E-state index is 0.662. The Morgan fingerprint density at radius 3 is 2.70 bits per heavy atom. The van der Waals surface area contributed by atoms with Gasteiger partial charge in [-0.25, -0.2) is 0 Å². The first kappa shape index (κ1) is 7.76. The fourth-order valence-corrected chi connectivity index (χ4v) is 1.04. The van der Waals surface area contributed by atoms with Gasteiger partial charge in [0.1, 0.15) is 5.75 Å². The molecular weight excluding hydrogens is 168 g/mol. The number of thiol groups is 1. The smallest absolute Gasteiger partial charge is 0.133 e. The largest absolute Gasteiger partial charge is 0.496 e. The molecule has 54 valence electrons. The molecule has 0 spiro atoms. The van der Waals surface area contributed by atoms with Crippen molar-refractivity contribution in [2.24, 2.45) is 0 Å². The zero-order chi connectivity index (χ0) is 7.56. The molecule has 0 aliphatic rings. The van der Waals surface area contributed by atoms with Crippen molar-refractivity contribution in [2.45, 2.75) is 4.90 Å². The van der Waals surface area contributed by atoms with E-state index in [0.29, 0.717) is 10.8 Å². The Balaban J connectivity index is 3.09. The highest BCUT2D eigenvalue weighted by Gasteiger charge is 1.97. The van der Waals surface area contributed by atoms with Crippen LogP contribution in [0.15, 0.2) is 23.1 Å². The molecule has 3 heteroatoms. The lowest BCUT2D eigenvalue weighted by molar-refractivity contribution is 0.405. The molecule has 0 amide bonds. The zero-order valence-electron chi connectivity index (χ0n) is 5.47. The Kier molecular flexibility index (Phi) is 2.46. The Bertz CT molecular complexity index is 237. The minimum Gasteiger partial charge on any atom is -0.496 e. The van der Waals surface area contributed by atoms with Crippen LogP contribution < -0.4 is 4.74 Å². The molecule has 0 radical (unpaired) electrons. The maximum absolute atomic E-state index is 5.68. The molecule has 0 aromatic heterocycles. The van der Waals surface area contributed by atoms with E-state index < -0.39 is 0 Å². The first-order valence-electron chi connectivity index (χ1n) is 2.76. The number of ether oxygens (including phenoxy) is 1. The van der Waals surface area contributed by atoms with Crippen molar-refractivity contribution >= 4 is 24.2 Å². The molecule has 0 aliphatic carbocycles. The number of benzene rings is 1. The fourth-order valence-electron chi connectivity index (χ4n) is 0.651. The zero-order valence-corrected chi connectivity index (χ0v) is 7.12. The van der Waals surface area contributed by atoms with Gasteiger partial charge in [0, 0.05) is 9.92 Å². The second kappa shape index (κ2) is 3.17. The van der Waals surface area contributed by atoms with Gasteiger partial charge >= 0.3 is 0 Å². The summed E-state index contributed by atoms with van der Waals surface area (Å²) in [7, 11) is 1.59. The summed E-state index contributed by atoms with van der Waals surface area (Å²) in [6.45, 7) is 0. The summed E-state index contributed by atoms with van der Waals surface area (Å²) in [6.07, 6.45) is 0. The van der Waals surface area contributed by atoms with Crippen molar-refractivity contribution in [3.8, 4) is 5.75 Å². The van der Waals surface area contributed by atoms with Crippen molar-refractivity contribution in [3.63, 3.8) is 0 Å². The minimum absolute atomic E-state index is 0.662. The predicted molar refractivity (Wildman–Crippen MR) is 45.3 cm³/mol. The van der Waals surface area contributed by atoms with Gasteiger partial charge in [0.15, 0.2) is 0 Å². The van der Waals surface area contributed by atoms with Gasteiger partial charge in [-0.2, -0.15) is 0 Å². The summed E-state index contributed by atoms with van der Waals surface area (Å²) >= 11 is 9.82. The molecule has 0 bridgehead atoms. The van der Waals surface area contributed by atoms with E-state index in [0.717, 1.165) is 4.90 Å². The number of hydrogen-bond acceptors (Lipinski definition) is 2. The van der Waals surface area contributed by atoms with Crippen molar-refractivity contribution in [1.82, 2.24) is 0 Å². The van der Waals surface area contributed by atoms with Crippen LogP contribution in [0.2, 0.25) is 5.02 Å². The molecule has 0 aliphatic heterocycles. The van der Waals surface area contributed by atoms with Crippen LogP contribution in [0.4, 0.5) is 0 Å². The van der Waals surface area contributed by atoms with E-state index in [4.69, 9.17) is 16.3 Å². The molecule has 0 atom stereocenters. The molecule has 0 saturated carbocycles. The van der Waals surface area contributed by atoms with E-state index in [1.807, 2.05) is 0 Å². The lowest BCUT2D eigenvalue weighted by Crippen LogP contribution is -1.83. The third-order valence-electron chi connectivity index (χ3n) is 1.14. The molecule has 0 fully saturated rings. The first-order valence-corrected chi connectivity index (χ1v) is 3.59. The quantitative estimate of drug-likeness (QED) is 0.644. The highest BCUT2D eigenvalue weighted by molar-refractivity contribution is 7.80. The normalized spacial score (nSPS) is 9.50. The summed E-state index contributed by atoms with van der Waals surface area (Å²) in [4.78, 5) is 0.798. The average Bonchev–Trinajstić information content (AvgIpc) is 1.94. The molecule has 0 heterocycles. The fraction of sp³-hybridized carbons (Fsp3) is 0.143. The summed E-state index contributed by atoms with van der Waals surface area (Å²) in [5, 5.41) is 0.662. The molecule has 1 aromatic carbocycles. The monoisotopic (exact) mass is 174 g/mol. The maximum Gasteiger partial charge on any atom is 0.133 e. The van der Waals surface area contributed by atoms with Gasteiger partial charge in [0.25, 0.3) is 0 Å². The van der Waals surface area contributed by atoms with Crippen molar-refractivity contribution in [3.05, 3.63) is 23.2 Å². The molecule has 1 nitrogen and oxygen atoms in total. The average molecular weight is 175 g/mol. The maximum atomic E-state index is 5.68. The van der Waals surface area contributed by atoms with Gasteiger partial charge < -0.3 is 4.74 Å². The van der Waals surface area contributed by atoms with Crippen molar-refractivity contribution < 1.29 is 4.74 Å². The summed E-state index contributed by atoms with van der Waals surface area (Å²) in [6, 6.07) is 5.29. The van der Waals surface area contributed by atoms with Gasteiger partial charge in [-0.05, 0) is 18.2 Å². The Labute approximate surface area is 70.4 Å². The topological polar surface area (TPSA) is 9.23 Å². The van der Waals surface area contributed by atoms with E-state index in [2.05, 4.69) is 12.6 Å². The molecule has 1 aromatic rings. The van der Waals surface area contributed by atoms with Gasteiger partial charge in [-0.15, -0.1) is 12.6 Å². The van der Waals surface area contributed by atoms with Crippen LogP contribution >= 0.6 is 24.2 Å². The third-order valence-corrected chi connectivity index (χ3v) is 1.75. The highest BCUT2D eigenvalue weighted by Crippen LogP contribution is 2.25. The molecule has 10 heavy (non-hydrogen) atoms.